The maximum atomic E-state index is 10.8. The number of rotatable bonds is 3. The van der Waals surface area contributed by atoms with Crippen molar-refractivity contribution in [1.82, 2.24) is 4.90 Å². The van der Waals surface area contributed by atoms with E-state index in [0.717, 1.165) is 45.4 Å². The highest BCUT2D eigenvalue weighted by molar-refractivity contribution is 5.67. The van der Waals surface area contributed by atoms with E-state index in [9.17, 15) is 4.79 Å². The molecule has 0 aliphatic carbocycles. The third-order valence-corrected chi connectivity index (χ3v) is 3.99. The van der Waals surface area contributed by atoms with Gasteiger partial charge in [-0.3, -0.25) is 9.69 Å². The second-order valence-electron chi connectivity index (χ2n) is 5.46. The summed E-state index contributed by atoms with van der Waals surface area (Å²) in [6.07, 6.45) is 5.10. The van der Waals surface area contributed by atoms with E-state index < -0.39 is 5.97 Å². The molecule has 2 rings (SSSR count). The van der Waals surface area contributed by atoms with Gasteiger partial charge in [0.25, 0.3) is 0 Å². The number of carboxylic acid groups (broad SMARTS) is 1. The molecular formula is C13H23NO3. The second kappa shape index (κ2) is 5.83. The van der Waals surface area contributed by atoms with Crippen molar-refractivity contribution in [3.63, 3.8) is 0 Å². The smallest absolute Gasteiger partial charge is 0.303 e. The summed E-state index contributed by atoms with van der Waals surface area (Å²) in [6, 6.07) is 0.607. The Labute approximate surface area is 103 Å². The maximum absolute atomic E-state index is 10.8. The molecule has 3 unspecified atom stereocenters. The first-order chi connectivity index (χ1) is 8.15. The fourth-order valence-electron chi connectivity index (χ4n) is 3.15. The lowest BCUT2D eigenvalue weighted by atomic mass is 9.91. The van der Waals surface area contributed by atoms with Crippen molar-refractivity contribution in [3.8, 4) is 0 Å². The molecular weight excluding hydrogens is 218 g/mol. The molecule has 4 nitrogen and oxygen atoms in total. The topological polar surface area (TPSA) is 49.8 Å². The Balaban J connectivity index is 1.85. The lowest BCUT2D eigenvalue weighted by Crippen LogP contribution is -2.46. The van der Waals surface area contributed by atoms with E-state index >= 15 is 0 Å². The molecule has 0 aromatic carbocycles. The van der Waals surface area contributed by atoms with Crippen LogP contribution in [0.4, 0.5) is 0 Å². The molecule has 4 heteroatoms. The van der Waals surface area contributed by atoms with Crippen LogP contribution in [0.2, 0.25) is 0 Å². The zero-order valence-corrected chi connectivity index (χ0v) is 10.6. The van der Waals surface area contributed by atoms with Gasteiger partial charge in [-0.2, -0.15) is 0 Å². The highest BCUT2D eigenvalue weighted by atomic mass is 16.5. The van der Waals surface area contributed by atoms with E-state index in [2.05, 4.69) is 11.8 Å². The highest BCUT2D eigenvalue weighted by Crippen LogP contribution is 2.26. The average molecular weight is 241 g/mol. The molecule has 2 saturated heterocycles. The van der Waals surface area contributed by atoms with Crippen molar-refractivity contribution in [1.29, 1.82) is 0 Å². The van der Waals surface area contributed by atoms with Crippen molar-refractivity contribution in [3.05, 3.63) is 0 Å². The van der Waals surface area contributed by atoms with Gasteiger partial charge in [-0.05, 0) is 45.1 Å². The monoisotopic (exact) mass is 241 g/mol. The first-order valence-corrected chi connectivity index (χ1v) is 6.72. The molecule has 17 heavy (non-hydrogen) atoms. The van der Waals surface area contributed by atoms with Gasteiger partial charge in [-0.25, -0.2) is 0 Å². The number of aliphatic carboxylic acids is 1. The average Bonchev–Trinajstić information content (AvgIpc) is 2.28. The molecule has 0 radical (unpaired) electrons. The van der Waals surface area contributed by atoms with E-state index in [4.69, 9.17) is 9.84 Å². The number of ether oxygens (including phenoxy) is 1. The van der Waals surface area contributed by atoms with Gasteiger partial charge in [0.05, 0.1) is 6.10 Å². The quantitative estimate of drug-likeness (QED) is 0.817. The maximum Gasteiger partial charge on any atom is 0.303 e. The van der Waals surface area contributed by atoms with Gasteiger partial charge < -0.3 is 9.84 Å². The van der Waals surface area contributed by atoms with E-state index in [1.54, 1.807) is 0 Å². The summed E-state index contributed by atoms with van der Waals surface area (Å²) < 4.78 is 5.57. The molecule has 2 heterocycles. The van der Waals surface area contributed by atoms with Gasteiger partial charge in [0.15, 0.2) is 0 Å². The summed E-state index contributed by atoms with van der Waals surface area (Å²) in [5.41, 5.74) is 0. The van der Waals surface area contributed by atoms with Crippen LogP contribution in [-0.2, 0) is 9.53 Å². The number of hydrogen-bond donors (Lipinski definition) is 1. The predicted molar refractivity (Wildman–Crippen MR) is 65.0 cm³/mol. The van der Waals surface area contributed by atoms with Crippen molar-refractivity contribution in [2.75, 3.05) is 19.7 Å². The predicted octanol–water partition coefficient (Wildman–Crippen LogP) is 1.74. The lowest BCUT2D eigenvalue weighted by molar-refractivity contribution is -0.138. The summed E-state index contributed by atoms with van der Waals surface area (Å²) >= 11 is 0. The first-order valence-electron chi connectivity index (χ1n) is 6.72. The van der Waals surface area contributed by atoms with E-state index in [1.807, 2.05) is 0 Å². The molecule has 0 bridgehead atoms. The number of nitrogens with zero attached hydrogens (tertiary/aromatic N) is 1. The minimum atomic E-state index is -0.655. The fourth-order valence-corrected chi connectivity index (χ4v) is 3.15. The molecule has 0 saturated carbocycles. The minimum Gasteiger partial charge on any atom is -0.481 e. The Bertz CT molecular complexity index is 269. The Kier molecular flexibility index (Phi) is 4.40. The number of likely N-dealkylation sites (tertiary alicyclic amines) is 1. The van der Waals surface area contributed by atoms with Crippen molar-refractivity contribution in [2.45, 2.75) is 51.2 Å². The standard InChI is InChI=1S/C13H23NO3/c1-10-7-12(4-6-17-10)14-5-2-3-11(9-14)8-13(15)16/h10-12H,2-9H2,1H3,(H,15,16). The van der Waals surface area contributed by atoms with Crippen LogP contribution in [0, 0.1) is 5.92 Å². The normalized spacial score (nSPS) is 35.7. The zero-order chi connectivity index (χ0) is 12.3. The number of carboxylic acids is 1. The van der Waals surface area contributed by atoms with Gasteiger partial charge in [-0.1, -0.05) is 0 Å². The first kappa shape index (κ1) is 12.8. The molecule has 0 aromatic rings. The van der Waals surface area contributed by atoms with Gasteiger partial charge in [0.1, 0.15) is 0 Å². The van der Waals surface area contributed by atoms with Crippen molar-refractivity contribution >= 4 is 5.97 Å². The summed E-state index contributed by atoms with van der Waals surface area (Å²) in [7, 11) is 0. The summed E-state index contributed by atoms with van der Waals surface area (Å²) in [6.45, 7) is 5.08. The molecule has 0 spiro atoms. The molecule has 98 valence electrons. The SMILES string of the molecule is CC1CC(N2CCCC(CC(=O)O)C2)CCO1. The lowest BCUT2D eigenvalue weighted by Gasteiger charge is -2.41. The van der Waals surface area contributed by atoms with E-state index in [0.29, 0.717) is 24.5 Å². The highest BCUT2D eigenvalue weighted by Gasteiger charge is 2.29. The Morgan fingerprint density at radius 3 is 3.00 bits per heavy atom. The number of piperidine rings is 1. The van der Waals surface area contributed by atoms with Crippen LogP contribution in [0.3, 0.4) is 0 Å². The Hall–Kier alpha value is -0.610. The van der Waals surface area contributed by atoms with Crippen molar-refractivity contribution in [2.24, 2.45) is 5.92 Å². The molecule has 2 aliphatic heterocycles. The van der Waals surface area contributed by atoms with E-state index in [-0.39, 0.29) is 0 Å². The zero-order valence-electron chi connectivity index (χ0n) is 10.6. The van der Waals surface area contributed by atoms with Crippen molar-refractivity contribution < 1.29 is 14.6 Å². The number of carbonyl (C=O) groups is 1. The van der Waals surface area contributed by atoms with Crippen LogP contribution in [0.5, 0.6) is 0 Å². The van der Waals surface area contributed by atoms with Crippen LogP contribution >= 0.6 is 0 Å². The van der Waals surface area contributed by atoms with Crippen LogP contribution in [0.25, 0.3) is 0 Å². The third kappa shape index (κ3) is 3.68. The van der Waals surface area contributed by atoms with Crippen LogP contribution in [0.1, 0.15) is 39.0 Å². The summed E-state index contributed by atoms with van der Waals surface area (Å²) in [5, 5.41) is 8.87. The molecule has 3 atom stereocenters. The Morgan fingerprint density at radius 2 is 2.29 bits per heavy atom. The van der Waals surface area contributed by atoms with Crippen LogP contribution < -0.4 is 0 Å². The van der Waals surface area contributed by atoms with E-state index in [1.165, 1.54) is 0 Å². The van der Waals surface area contributed by atoms with Gasteiger partial charge >= 0.3 is 5.97 Å². The fraction of sp³-hybridized carbons (Fsp3) is 0.923. The summed E-state index contributed by atoms with van der Waals surface area (Å²) in [4.78, 5) is 13.3. The number of hydrogen-bond acceptors (Lipinski definition) is 3. The minimum absolute atomic E-state index is 0.329. The summed E-state index contributed by atoms with van der Waals surface area (Å²) in [5.74, 6) is -0.309. The molecule has 1 N–H and O–H groups in total. The molecule has 0 aromatic heterocycles. The van der Waals surface area contributed by atoms with Gasteiger partial charge in [0, 0.05) is 25.6 Å². The van der Waals surface area contributed by atoms with Gasteiger partial charge in [0.2, 0.25) is 0 Å². The second-order valence-corrected chi connectivity index (χ2v) is 5.46. The Morgan fingerprint density at radius 1 is 1.47 bits per heavy atom. The van der Waals surface area contributed by atoms with Gasteiger partial charge in [-0.15, -0.1) is 0 Å². The largest absolute Gasteiger partial charge is 0.481 e. The molecule has 0 amide bonds. The van der Waals surface area contributed by atoms with Crippen LogP contribution in [-0.4, -0.2) is 47.8 Å². The van der Waals surface area contributed by atoms with Crippen LogP contribution in [0.15, 0.2) is 0 Å². The molecule has 2 aliphatic rings. The third-order valence-electron chi connectivity index (χ3n) is 3.99. The molecule has 2 fully saturated rings.